The minimum absolute atomic E-state index is 0.394. The maximum absolute atomic E-state index is 12.6. The van der Waals surface area contributed by atoms with Crippen LogP contribution in [0.2, 0.25) is 0 Å². The number of carbonyl (C=O) groups excluding carboxylic acids is 1. The molecule has 0 N–H and O–H groups in total. The number of halogens is 5. The van der Waals surface area contributed by atoms with Gasteiger partial charge in [0.1, 0.15) is 0 Å². The van der Waals surface area contributed by atoms with E-state index in [2.05, 4.69) is 4.84 Å². The predicted molar refractivity (Wildman–Crippen MR) is 37.9 cm³/mol. The molecule has 0 spiro atoms. The summed E-state index contributed by atoms with van der Waals surface area (Å²) in [5.41, 5.74) is 0. The molecule has 0 radical (unpaired) electrons. The van der Waals surface area contributed by atoms with E-state index in [1.165, 1.54) is 0 Å². The monoisotopic (exact) mass is 233 g/mol. The number of nitrogens with zero attached hydrogens (tertiary/aromatic N) is 1. The van der Waals surface area contributed by atoms with Crippen LogP contribution in [0.15, 0.2) is 0 Å². The maximum atomic E-state index is 12.6. The molecule has 1 saturated heterocycles. The van der Waals surface area contributed by atoms with Crippen molar-refractivity contribution in [2.75, 3.05) is 13.1 Å². The Morgan fingerprint density at radius 1 is 1.20 bits per heavy atom. The second-order valence-electron chi connectivity index (χ2n) is 3.16. The summed E-state index contributed by atoms with van der Waals surface area (Å²) in [6.45, 7) is -0.788. The van der Waals surface area contributed by atoms with Crippen LogP contribution in [0.25, 0.3) is 0 Å². The number of carbonyl (C=O) groups is 1. The lowest BCUT2D eigenvalue weighted by atomic mass is 10.1. The van der Waals surface area contributed by atoms with Crippen molar-refractivity contribution in [1.82, 2.24) is 5.06 Å². The summed E-state index contributed by atoms with van der Waals surface area (Å²) in [4.78, 5) is 14.2. The third kappa shape index (κ3) is 3.61. The number of hydrogen-bond donors (Lipinski definition) is 0. The highest BCUT2D eigenvalue weighted by Gasteiger charge is 2.44. The van der Waals surface area contributed by atoms with Crippen molar-refractivity contribution in [3.63, 3.8) is 0 Å². The molecule has 1 rings (SSSR count). The Labute approximate surface area is 81.7 Å². The quantitative estimate of drug-likeness (QED) is 0.646. The average molecular weight is 233 g/mol. The van der Waals surface area contributed by atoms with Gasteiger partial charge >= 0.3 is 12.1 Å². The number of hydrogen-bond acceptors (Lipinski definition) is 3. The van der Waals surface area contributed by atoms with Gasteiger partial charge in [-0.25, -0.2) is 13.6 Å². The standard InChI is InChI=1S/C7H8F5NO2/c8-6(9)1-3-13(4-2-6)15-5(14)7(10,11)12/h1-4H2. The molecule has 3 nitrogen and oxygen atoms in total. The van der Waals surface area contributed by atoms with E-state index in [4.69, 9.17) is 0 Å². The molecule has 0 aromatic heterocycles. The highest BCUT2D eigenvalue weighted by Crippen LogP contribution is 2.28. The Bertz CT molecular complexity index is 242. The lowest BCUT2D eigenvalue weighted by Crippen LogP contribution is -2.42. The minimum Gasteiger partial charge on any atom is -0.361 e. The Hall–Kier alpha value is -0.920. The minimum atomic E-state index is -5.10. The first kappa shape index (κ1) is 12.2. The number of piperidine rings is 1. The van der Waals surface area contributed by atoms with Gasteiger partial charge in [-0.3, -0.25) is 0 Å². The fraction of sp³-hybridized carbons (Fsp3) is 0.857. The summed E-state index contributed by atoms with van der Waals surface area (Å²) in [5.74, 6) is -5.27. The Morgan fingerprint density at radius 3 is 2.07 bits per heavy atom. The van der Waals surface area contributed by atoms with Gasteiger partial charge in [0.25, 0.3) is 5.92 Å². The molecule has 0 saturated carbocycles. The van der Waals surface area contributed by atoms with Crippen LogP contribution in [0.3, 0.4) is 0 Å². The second-order valence-corrected chi connectivity index (χ2v) is 3.16. The Kier molecular flexibility index (Phi) is 3.17. The van der Waals surface area contributed by atoms with Crippen LogP contribution >= 0.6 is 0 Å². The van der Waals surface area contributed by atoms with E-state index in [0.717, 1.165) is 0 Å². The summed E-state index contributed by atoms with van der Waals surface area (Å²) in [6, 6.07) is 0. The number of alkyl halides is 5. The van der Waals surface area contributed by atoms with Crippen molar-refractivity contribution < 1.29 is 31.6 Å². The van der Waals surface area contributed by atoms with Gasteiger partial charge in [0, 0.05) is 25.9 Å². The van der Waals surface area contributed by atoms with Gasteiger partial charge in [-0.2, -0.15) is 13.2 Å². The van der Waals surface area contributed by atoms with E-state index in [0.29, 0.717) is 5.06 Å². The molecule has 0 aromatic carbocycles. The van der Waals surface area contributed by atoms with Gasteiger partial charge in [0.05, 0.1) is 0 Å². The largest absolute Gasteiger partial charge is 0.492 e. The lowest BCUT2D eigenvalue weighted by Gasteiger charge is -2.30. The molecular formula is C7H8F5NO2. The number of rotatable bonds is 1. The van der Waals surface area contributed by atoms with Gasteiger partial charge in [-0.05, 0) is 0 Å². The first-order chi connectivity index (χ1) is 6.71. The fourth-order valence-electron chi connectivity index (χ4n) is 1.07. The summed E-state index contributed by atoms with van der Waals surface area (Å²) >= 11 is 0. The van der Waals surface area contributed by atoms with E-state index in [1.807, 2.05) is 0 Å². The molecular weight excluding hydrogens is 225 g/mol. The van der Waals surface area contributed by atoms with Gasteiger partial charge in [-0.1, -0.05) is 0 Å². The molecule has 0 atom stereocenters. The maximum Gasteiger partial charge on any atom is 0.492 e. The fourth-order valence-corrected chi connectivity index (χ4v) is 1.07. The van der Waals surface area contributed by atoms with Crippen LogP contribution < -0.4 is 0 Å². The van der Waals surface area contributed by atoms with Gasteiger partial charge in [0.15, 0.2) is 0 Å². The van der Waals surface area contributed by atoms with Crippen LogP contribution in [-0.2, 0) is 9.63 Å². The molecule has 0 aliphatic carbocycles. The summed E-state index contributed by atoms with van der Waals surface area (Å²) in [6.07, 6.45) is -6.32. The van der Waals surface area contributed by atoms with Crippen molar-refractivity contribution in [3.05, 3.63) is 0 Å². The highest BCUT2D eigenvalue weighted by molar-refractivity contribution is 5.75. The molecule has 1 heterocycles. The molecule has 1 aliphatic rings. The first-order valence-corrected chi connectivity index (χ1v) is 4.13. The van der Waals surface area contributed by atoms with E-state index >= 15 is 0 Å². The SMILES string of the molecule is O=C(ON1CCC(F)(F)CC1)C(F)(F)F. The van der Waals surface area contributed by atoms with Crippen LogP contribution in [0.5, 0.6) is 0 Å². The zero-order valence-electron chi connectivity index (χ0n) is 7.48. The molecule has 15 heavy (non-hydrogen) atoms. The van der Waals surface area contributed by atoms with Crippen LogP contribution in [0.1, 0.15) is 12.8 Å². The van der Waals surface area contributed by atoms with Gasteiger partial charge in [0.2, 0.25) is 0 Å². The highest BCUT2D eigenvalue weighted by atomic mass is 19.4. The first-order valence-electron chi connectivity index (χ1n) is 4.13. The van der Waals surface area contributed by atoms with Gasteiger partial charge < -0.3 is 4.84 Å². The van der Waals surface area contributed by atoms with Crippen molar-refractivity contribution >= 4 is 5.97 Å². The van der Waals surface area contributed by atoms with E-state index < -0.39 is 44.0 Å². The molecule has 0 bridgehead atoms. The van der Waals surface area contributed by atoms with Crippen molar-refractivity contribution in [2.24, 2.45) is 0 Å². The van der Waals surface area contributed by atoms with Crippen LogP contribution in [0, 0.1) is 0 Å². The summed E-state index contributed by atoms with van der Waals surface area (Å²) in [7, 11) is 0. The normalized spacial score (nSPS) is 22.5. The van der Waals surface area contributed by atoms with Crippen molar-refractivity contribution in [3.8, 4) is 0 Å². The zero-order valence-corrected chi connectivity index (χ0v) is 7.48. The van der Waals surface area contributed by atoms with Crippen LogP contribution in [-0.4, -0.2) is 36.2 Å². The lowest BCUT2D eigenvalue weighted by molar-refractivity contribution is -0.248. The number of hydroxylamine groups is 2. The smallest absolute Gasteiger partial charge is 0.361 e. The molecule has 0 amide bonds. The van der Waals surface area contributed by atoms with E-state index in [-0.39, 0.29) is 0 Å². The van der Waals surface area contributed by atoms with E-state index in [1.54, 1.807) is 0 Å². The molecule has 1 aliphatic heterocycles. The van der Waals surface area contributed by atoms with Crippen molar-refractivity contribution in [2.45, 2.75) is 24.9 Å². The topological polar surface area (TPSA) is 29.5 Å². The van der Waals surface area contributed by atoms with E-state index in [9.17, 15) is 26.7 Å². The average Bonchev–Trinajstić information content (AvgIpc) is 2.07. The second kappa shape index (κ2) is 3.92. The van der Waals surface area contributed by atoms with Crippen molar-refractivity contribution in [1.29, 1.82) is 0 Å². The van der Waals surface area contributed by atoms with Gasteiger partial charge in [-0.15, -0.1) is 5.06 Å². The molecule has 1 fully saturated rings. The molecule has 8 heteroatoms. The Morgan fingerprint density at radius 2 is 1.67 bits per heavy atom. The third-order valence-electron chi connectivity index (χ3n) is 1.90. The zero-order chi connectivity index (χ0) is 11.7. The summed E-state index contributed by atoms with van der Waals surface area (Å²) < 4.78 is 60.2. The summed E-state index contributed by atoms with van der Waals surface area (Å²) in [5, 5.41) is 0.604. The molecule has 0 unspecified atom stereocenters. The molecule has 88 valence electrons. The Balaban J connectivity index is 2.40. The van der Waals surface area contributed by atoms with Crippen LogP contribution in [0.4, 0.5) is 22.0 Å². The predicted octanol–water partition coefficient (Wildman–Crippen LogP) is 1.74. The third-order valence-corrected chi connectivity index (χ3v) is 1.90. The molecule has 0 aromatic rings.